The minimum atomic E-state index is 0.337. The average molecular weight is 314 g/mol. The van der Waals surface area contributed by atoms with E-state index in [1.165, 1.54) is 12.8 Å². The van der Waals surface area contributed by atoms with Crippen molar-refractivity contribution >= 4 is 11.6 Å². The lowest BCUT2D eigenvalue weighted by molar-refractivity contribution is -0.00267. The molecule has 1 aliphatic rings. The first-order valence-electron chi connectivity index (χ1n) is 7.34. The summed E-state index contributed by atoms with van der Waals surface area (Å²) in [6.07, 6.45) is 3.92. The molecular weight excluding hydrogens is 290 g/mol. The highest BCUT2D eigenvalue weighted by molar-refractivity contribution is 6.32. The molecule has 1 aromatic carbocycles. The van der Waals surface area contributed by atoms with Gasteiger partial charge in [-0.2, -0.15) is 0 Å². The van der Waals surface area contributed by atoms with Gasteiger partial charge in [0.1, 0.15) is 11.5 Å². The van der Waals surface area contributed by atoms with Gasteiger partial charge in [-0.25, -0.2) is 0 Å². The third-order valence-corrected chi connectivity index (χ3v) is 4.08. The molecule has 1 saturated heterocycles. The lowest BCUT2D eigenvalue weighted by atomic mass is 10.1. The first-order chi connectivity index (χ1) is 10.1. The van der Waals surface area contributed by atoms with Crippen LogP contribution in [0.5, 0.6) is 11.5 Å². The molecule has 1 atom stereocenters. The number of methoxy groups -OCH3 is 2. The van der Waals surface area contributed by atoms with Gasteiger partial charge in [0.25, 0.3) is 0 Å². The largest absolute Gasteiger partial charge is 0.496 e. The molecule has 118 valence electrons. The van der Waals surface area contributed by atoms with Crippen LogP contribution in [0.2, 0.25) is 5.02 Å². The van der Waals surface area contributed by atoms with E-state index in [0.717, 1.165) is 37.4 Å². The highest BCUT2D eigenvalue weighted by atomic mass is 35.5. The molecule has 1 aliphatic heterocycles. The van der Waals surface area contributed by atoms with Crippen molar-refractivity contribution in [3.05, 3.63) is 22.7 Å². The summed E-state index contributed by atoms with van der Waals surface area (Å²) in [5.74, 6) is 1.43. The van der Waals surface area contributed by atoms with Crippen LogP contribution in [0.4, 0.5) is 0 Å². The summed E-state index contributed by atoms with van der Waals surface area (Å²) >= 11 is 6.21. The summed E-state index contributed by atoms with van der Waals surface area (Å²) in [5, 5.41) is 0.607. The summed E-state index contributed by atoms with van der Waals surface area (Å²) in [6.45, 7) is 2.58. The van der Waals surface area contributed by atoms with Crippen LogP contribution < -0.4 is 9.47 Å². The Morgan fingerprint density at radius 1 is 1.24 bits per heavy atom. The number of nitrogens with zero attached hydrogens (tertiary/aromatic N) is 1. The van der Waals surface area contributed by atoms with Crippen molar-refractivity contribution < 1.29 is 14.2 Å². The van der Waals surface area contributed by atoms with Crippen molar-refractivity contribution in [1.82, 2.24) is 4.90 Å². The standard InChI is InChI=1S/C16H24ClNO3/c1-18(11-13-6-4-5-7-21-13)10-12-8-14(17)16(20-3)9-15(12)19-2/h8-9,13H,4-7,10-11H2,1-3H3/t13-/m0/s1. The second-order valence-electron chi connectivity index (χ2n) is 5.48. The summed E-state index contributed by atoms with van der Waals surface area (Å²) in [5.41, 5.74) is 1.06. The Hall–Kier alpha value is -0.970. The van der Waals surface area contributed by atoms with E-state index in [0.29, 0.717) is 16.9 Å². The van der Waals surface area contributed by atoms with Gasteiger partial charge < -0.3 is 14.2 Å². The maximum Gasteiger partial charge on any atom is 0.141 e. The van der Waals surface area contributed by atoms with Crippen LogP contribution in [0.1, 0.15) is 24.8 Å². The van der Waals surface area contributed by atoms with Gasteiger partial charge in [-0.1, -0.05) is 11.6 Å². The summed E-state index contributed by atoms with van der Waals surface area (Å²) in [6, 6.07) is 3.75. The van der Waals surface area contributed by atoms with Gasteiger partial charge in [0.2, 0.25) is 0 Å². The van der Waals surface area contributed by atoms with Crippen molar-refractivity contribution in [2.45, 2.75) is 31.9 Å². The van der Waals surface area contributed by atoms with Crippen molar-refractivity contribution in [2.75, 3.05) is 34.4 Å². The third kappa shape index (κ3) is 4.50. The maximum atomic E-state index is 6.21. The zero-order valence-corrected chi connectivity index (χ0v) is 13.8. The predicted molar refractivity (Wildman–Crippen MR) is 84.5 cm³/mol. The fourth-order valence-corrected chi connectivity index (χ4v) is 2.96. The Bertz CT molecular complexity index is 461. The van der Waals surface area contributed by atoms with Crippen LogP contribution in [0.25, 0.3) is 0 Å². The molecule has 5 heteroatoms. The zero-order chi connectivity index (χ0) is 15.2. The minimum Gasteiger partial charge on any atom is -0.496 e. The van der Waals surface area contributed by atoms with E-state index in [1.54, 1.807) is 14.2 Å². The van der Waals surface area contributed by atoms with Crippen molar-refractivity contribution in [2.24, 2.45) is 0 Å². The zero-order valence-electron chi connectivity index (χ0n) is 13.0. The summed E-state index contributed by atoms with van der Waals surface area (Å²) < 4.78 is 16.4. The van der Waals surface area contributed by atoms with Crippen LogP contribution in [0.15, 0.2) is 12.1 Å². The summed E-state index contributed by atoms with van der Waals surface area (Å²) in [7, 11) is 5.36. The highest BCUT2D eigenvalue weighted by Crippen LogP contribution is 2.33. The van der Waals surface area contributed by atoms with Crippen LogP contribution in [-0.2, 0) is 11.3 Å². The van der Waals surface area contributed by atoms with Crippen molar-refractivity contribution in [3.8, 4) is 11.5 Å². The molecule has 21 heavy (non-hydrogen) atoms. The van der Waals surface area contributed by atoms with E-state index in [9.17, 15) is 0 Å². The fraction of sp³-hybridized carbons (Fsp3) is 0.625. The average Bonchev–Trinajstić information content (AvgIpc) is 2.48. The van der Waals surface area contributed by atoms with Gasteiger partial charge in [-0.05, 0) is 32.4 Å². The maximum absolute atomic E-state index is 6.21. The number of halogens is 1. The van der Waals surface area contributed by atoms with Gasteiger partial charge in [-0.15, -0.1) is 0 Å². The molecule has 0 spiro atoms. The number of hydrogen-bond acceptors (Lipinski definition) is 4. The molecule has 0 unspecified atom stereocenters. The molecule has 2 rings (SSSR count). The minimum absolute atomic E-state index is 0.337. The lowest BCUT2D eigenvalue weighted by Crippen LogP contribution is -2.33. The van der Waals surface area contributed by atoms with E-state index in [4.69, 9.17) is 25.8 Å². The quantitative estimate of drug-likeness (QED) is 0.806. The molecule has 4 nitrogen and oxygen atoms in total. The second kappa shape index (κ2) is 7.87. The molecule has 0 bridgehead atoms. The molecule has 0 N–H and O–H groups in total. The molecule has 0 aliphatic carbocycles. The number of benzene rings is 1. The number of ether oxygens (including phenoxy) is 3. The molecule has 0 aromatic heterocycles. The van der Waals surface area contributed by atoms with Gasteiger partial charge in [0.05, 0.1) is 25.3 Å². The predicted octanol–water partition coefficient (Wildman–Crippen LogP) is 3.36. The van der Waals surface area contributed by atoms with Crippen LogP contribution in [0, 0.1) is 0 Å². The van der Waals surface area contributed by atoms with Crippen molar-refractivity contribution in [3.63, 3.8) is 0 Å². The molecular formula is C16H24ClNO3. The number of hydrogen-bond donors (Lipinski definition) is 0. The normalized spacial score (nSPS) is 18.8. The fourth-order valence-electron chi connectivity index (χ4n) is 2.70. The Morgan fingerprint density at radius 2 is 2.00 bits per heavy atom. The van der Waals surface area contributed by atoms with Crippen LogP contribution in [-0.4, -0.2) is 45.4 Å². The lowest BCUT2D eigenvalue weighted by Gasteiger charge is -2.27. The van der Waals surface area contributed by atoms with E-state index in [1.807, 2.05) is 12.1 Å². The van der Waals surface area contributed by atoms with E-state index >= 15 is 0 Å². The monoisotopic (exact) mass is 313 g/mol. The highest BCUT2D eigenvalue weighted by Gasteiger charge is 2.17. The molecule has 1 fully saturated rings. The molecule has 1 aromatic rings. The first kappa shape index (κ1) is 16.4. The molecule has 0 radical (unpaired) electrons. The van der Waals surface area contributed by atoms with Gasteiger partial charge in [0, 0.05) is 31.3 Å². The summed E-state index contributed by atoms with van der Waals surface area (Å²) in [4.78, 5) is 2.25. The molecule has 0 saturated carbocycles. The van der Waals surface area contributed by atoms with Gasteiger partial charge in [0.15, 0.2) is 0 Å². The van der Waals surface area contributed by atoms with E-state index in [-0.39, 0.29) is 0 Å². The van der Waals surface area contributed by atoms with Gasteiger partial charge >= 0.3 is 0 Å². The van der Waals surface area contributed by atoms with Crippen molar-refractivity contribution in [1.29, 1.82) is 0 Å². The Balaban J connectivity index is 2.02. The molecule has 1 heterocycles. The van der Waals surface area contributed by atoms with Crippen LogP contribution >= 0.6 is 11.6 Å². The Labute approximate surface area is 131 Å². The second-order valence-corrected chi connectivity index (χ2v) is 5.89. The van der Waals surface area contributed by atoms with Gasteiger partial charge in [-0.3, -0.25) is 4.90 Å². The topological polar surface area (TPSA) is 30.9 Å². The first-order valence-corrected chi connectivity index (χ1v) is 7.72. The van der Waals surface area contributed by atoms with E-state index in [2.05, 4.69) is 11.9 Å². The van der Waals surface area contributed by atoms with Crippen LogP contribution in [0.3, 0.4) is 0 Å². The third-order valence-electron chi connectivity index (χ3n) is 3.78. The molecule has 0 amide bonds. The Kier molecular flexibility index (Phi) is 6.15. The number of likely N-dealkylation sites (N-methyl/N-ethyl adjacent to an activating group) is 1. The SMILES string of the molecule is COc1cc(OC)c(CN(C)C[C@@H]2CCCCO2)cc1Cl. The number of rotatable bonds is 6. The van der Waals surface area contributed by atoms with E-state index < -0.39 is 0 Å². The smallest absolute Gasteiger partial charge is 0.141 e. The Morgan fingerprint density at radius 3 is 2.62 bits per heavy atom.